The van der Waals surface area contributed by atoms with Gasteiger partial charge in [0, 0.05) is 19.1 Å². The molecule has 0 spiro atoms. The smallest absolute Gasteiger partial charge is 0.0708 e. The second-order valence-electron chi connectivity index (χ2n) is 3.31. The predicted octanol–water partition coefficient (Wildman–Crippen LogP) is -0.814. The molecule has 2 fully saturated rings. The Morgan fingerprint density at radius 1 is 1.30 bits per heavy atom. The summed E-state index contributed by atoms with van der Waals surface area (Å²) in [6, 6.07) is 0.259. The van der Waals surface area contributed by atoms with Crippen molar-refractivity contribution < 1.29 is 10.2 Å². The van der Waals surface area contributed by atoms with Gasteiger partial charge in [-0.05, 0) is 12.8 Å². The van der Waals surface area contributed by atoms with Gasteiger partial charge in [-0.2, -0.15) is 0 Å². The Hall–Kier alpha value is -0.120. The molecule has 2 N–H and O–H groups in total. The van der Waals surface area contributed by atoms with Crippen LogP contribution in [0.3, 0.4) is 0 Å². The molecule has 3 unspecified atom stereocenters. The highest BCUT2D eigenvalue weighted by molar-refractivity contribution is 4.94. The summed E-state index contributed by atoms with van der Waals surface area (Å²) in [5, 5.41) is 18.6. The van der Waals surface area contributed by atoms with E-state index in [1.165, 1.54) is 0 Å². The summed E-state index contributed by atoms with van der Waals surface area (Å²) in [6.45, 7) is 1.73. The fourth-order valence-electron chi connectivity index (χ4n) is 2.06. The van der Waals surface area contributed by atoms with Crippen molar-refractivity contribution in [3.63, 3.8) is 0 Å². The second-order valence-corrected chi connectivity index (χ2v) is 3.31. The Labute approximate surface area is 60.3 Å². The van der Waals surface area contributed by atoms with E-state index in [-0.39, 0.29) is 18.2 Å². The molecule has 0 bridgehead atoms. The Balaban J connectivity index is 2.05. The standard InChI is InChI=1S/C7H13NO2/c9-5-3-6-7(10)1-2-8(6)4-5/h5-7,9-10H,1-4H2. The van der Waals surface area contributed by atoms with Gasteiger partial charge in [0.15, 0.2) is 0 Å². The van der Waals surface area contributed by atoms with Crippen molar-refractivity contribution in [2.75, 3.05) is 13.1 Å². The van der Waals surface area contributed by atoms with E-state index in [1.54, 1.807) is 0 Å². The van der Waals surface area contributed by atoms with Crippen LogP contribution in [0.4, 0.5) is 0 Å². The third kappa shape index (κ3) is 0.856. The molecular formula is C7H13NO2. The van der Waals surface area contributed by atoms with E-state index in [9.17, 15) is 10.2 Å². The fourth-order valence-corrected chi connectivity index (χ4v) is 2.06. The van der Waals surface area contributed by atoms with Crippen LogP contribution in [-0.2, 0) is 0 Å². The highest BCUT2D eigenvalue weighted by atomic mass is 16.3. The van der Waals surface area contributed by atoms with Crippen molar-refractivity contribution in [2.24, 2.45) is 0 Å². The molecule has 0 aromatic rings. The Bertz CT molecular complexity index is 140. The van der Waals surface area contributed by atoms with Crippen molar-refractivity contribution in [3.8, 4) is 0 Å². The number of nitrogens with zero attached hydrogens (tertiary/aromatic N) is 1. The van der Waals surface area contributed by atoms with Crippen LogP contribution in [-0.4, -0.2) is 46.5 Å². The van der Waals surface area contributed by atoms with Gasteiger partial charge in [-0.25, -0.2) is 0 Å². The second kappa shape index (κ2) is 2.19. The van der Waals surface area contributed by atoms with Crippen LogP contribution < -0.4 is 0 Å². The molecule has 2 saturated heterocycles. The van der Waals surface area contributed by atoms with Crippen LogP contribution in [0.1, 0.15) is 12.8 Å². The maximum atomic E-state index is 9.36. The fraction of sp³-hybridized carbons (Fsp3) is 1.00. The molecule has 0 radical (unpaired) electrons. The van der Waals surface area contributed by atoms with Crippen LogP contribution in [0, 0.1) is 0 Å². The van der Waals surface area contributed by atoms with Gasteiger partial charge in [0.2, 0.25) is 0 Å². The van der Waals surface area contributed by atoms with Crippen molar-refractivity contribution >= 4 is 0 Å². The van der Waals surface area contributed by atoms with Crippen molar-refractivity contribution in [1.82, 2.24) is 4.90 Å². The first kappa shape index (κ1) is 6.58. The molecule has 3 heteroatoms. The minimum Gasteiger partial charge on any atom is -0.392 e. The number of hydrogen-bond acceptors (Lipinski definition) is 3. The summed E-state index contributed by atoms with van der Waals surface area (Å²) in [5.74, 6) is 0. The zero-order valence-electron chi connectivity index (χ0n) is 5.90. The zero-order valence-corrected chi connectivity index (χ0v) is 5.90. The van der Waals surface area contributed by atoms with Crippen LogP contribution in [0.2, 0.25) is 0 Å². The van der Waals surface area contributed by atoms with E-state index in [0.717, 1.165) is 25.9 Å². The maximum absolute atomic E-state index is 9.36. The molecule has 58 valence electrons. The van der Waals surface area contributed by atoms with E-state index in [2.05, 4.69) is 4.90 Å². The number of rotatable bonds is 0. The lowest BCUT2D eigenvalue weighted by molar-refractivity contribution is 0.130. The summed E-state index contributed by atoms with van der Waals surface area (Å²) in [7, 11) is 0. The molecule has 0 aliphatic carbocycles. The Morgan fingerprint density at radius 2 is 2.10 bits per heavy atom. The van der Waals surface area contributed by atoms with Gasteiger partial charge in [-0.15, -0.1) is 0 Å². The summed E-state index contributed by atoms with van der Waals surface area (Å²) >= 11 is 0. The van der Waals surface area contributed by atoms with Gasteiger partial charge in [0.1, 0.15) is 0 Å². The SMILES string of the molecule is OC1CC2C(O)CCN2C1. The largest absolute Gasteiger partial charge is 0.392 e. The van der Waals surface area contributed by atoms with Gasteiger partial charge in [-0.3, -0.25) is 4.90 Å². The molecule has 2 heterocycles. The lowest BCUT2D eigenvalue weighted by Crippen LogP contribution is -2.28. The van der Waals surface area contributed by atoms with Crippen molar-refractivity contribution in [1.29, 1.82) is 0 Å². The number of aliphatic hydroxyl groups excluding tert-OH is 2. The first-order chi connectivity index (χ1) is 4.77. The number of fused-ring (bicyclic) bond motifs is 1. The zero-order chi connectivity index (χ0) is 7.14. The minimum atomic E-state index is -0.194. The van der Waals surface area contributed by atoms with Crippen molar-refractivity contribution in [2.45, 2.75) is 31.1 Å². The molecule has 2 aliphatic heterocycles. The van der Waals surface area contributed by atoms with Gasteiger partial charge in [0.05, 0.1) is 12.2 Å². The Kier molecular flexibility index (Phi) is 1.44. The molecule has 0 aromatic carbocycles. The first-order valence-corrected chi connectivity index (χ1v) is 3.87. The quantitative estimate of drug-likeness (QED) is 0.466. The highest BCUT2D eigenvalue weighted by Gasteiger charge is 2.39. The summed E-state index contributed by atoms with van der Waals surface area (Å²) in [4.78, 5) is 2.18. The van der Waals surface area contributed by atoms with Crippen LogP contribution in [0.15, 0.2) is 0 Å². The summed E-state index contributed by atoms with van der Waals surface area (Å²) in [6.07, 6.45) is 1.27. The molecule has 0 amide bonds. The average molecular weight is 143 g/mol. The summed E-state index contributed by atoms with van der Waals surface area (Å²) in [5.41, 5.74) is 0. The van der Waals surface area contributed by atoms with E-state index >= 15 is 0 Å². The number of hydrogen-bond donors (Lipinski definition) is 2. The lowest BCUT2D eigenvalue weighted by atomic mass is 10.1. The van der Waals surface area contributed by atoms with Crippen LogP contribution in [0.25, 0.3) is 0 Å². The monoisotopic (exact) mass is 143 g/mol. The Morgan fingerprint density at radius 3 is 2.80 bits per heavy atom. The molecule has 3 atom stereocenters. The van der Waals surface area contributed by atoms with E-state index in [1.807, 2.05) is 0 Å². The highest BCUT2D eigenvalue weighted by Crippen LogP contribution is 2.27. The molecular weight excluding hydrogens is 130 g/mol. The van der Waals surface area contributed by atoms with E-state index in [0.29, 0.717) is 0 Å². The predicted molar refractivity (Wildman–Crippen MR) is 36.6 cm³/mol. The number of aliphatic hydroxyl groups is 2. The molecule has 0 aromatic heterocycles. The van der Waals surface area contributed by atoms with E-state index < -0.39 is 0 Å². The maximum Gasteiger partial charge on any atom is 0.0708 e. The molecule has 3 nitrogen and oxygen atoms in total. The van der Waals surface area contributed by atoms with Gasteiger partial charge in [-0.1, -0.05) is 0 Å². The van der Waals surface area contributed by atoms with Crippen LogP contribution >= 0.6 is 0 Å². The van der Waals surface area contributed by atoms with Crippen molar-refractivity contribution in [3.05, 3.63) is 0 Å². The topological polar surface area (TPSA) is 43.7 Å². The normalized spacial score (nSPS) is 48.0. The third-order valence-corrected chi connectivity index (χ3v) is 2.58. The third-order valence-electron chi connectivity index (χ3n) is 2.58. The first-order valence-electron chi connectivity index (χ1n) is 3.87. The van der Waals surface area contributed by atoms with Gasteiger partial charge < -0.3 is 10.2 Å². The molecule has 2 rings (SSSR count). The van der Waals surface area contributed by atoms with Gasteiger partial charge in [0.25, 0.3) is 0 Å². The van der Waals surface area contributed by atoms with E-state index in [4.69, 9.17) is 0 Å². The molecule has 2 aliphatic rings. The summed E-state index contributed by atoms with van der Waals surface area (Å²) < 4.78 is 0. The molecule has 0 saturated carbocycles. The van der Waals surface area contributed by atoms with Gasteiger partial charge >= 0.3 is 0 Å². The van der Waals surface area contributed by atoms with Crippen LogP contribution in [0.5, 0.6) is 0 Å². The molecule has 10 heavy (non-hydrogen) atoms. The minimum absolute atomic E-state index is 0.183. The average Bonchev–Trinajstić information content (AvgIpc) is 2.35. The lowest BCUT2D eigenvalue weighted by Gasteiger charge is -2.14.